The predicted octanol–water partition coefficient (Wildman–Crippen LogP) is 2.13. The minimum atomic E-state index is -3.48. The minimum absolute atomic E-state index is 0.154. The van der Waals surface area contributed by atoms with Gasteiger partial charge in [-0.15, -0.1) is 0 Å². The summed E-state index contributed by atoms with van der Waals surface area (Å²) in [6, 6.07) is 11.9. The van der Waals surface area contributed by atoms with E-state index < -0.39 is 10.0 Å². The van der Waals surface area contributed by atoms with Crippen LogP contribution in [-0.4, -0.2) is 33.7 Å². The van der Waals surface area contributed by atoms with Crippen LogP contribution in [0.4, 0.5) is 0 Å². The van der Waals surface area contributed by atoms with Crippen molar-refractivity contribution in [2.45, 2.75) is 25.7 Å². The summed E-state index contributed by atoms with van der Waals surface area (Å²) in [5, 5.41) is 4.03. The molecule has 0 aliphatic heterocycles. The van der Waals surface area contributed by atoms with Gasteiger partial charge in [0.1, 0.15) is 5.75 Å². The molecule has 2 aromatic rings. The highest BCUT2D eigenvalue weighted by Gasteiger charge is 2.11. The van der Waals surface area contributed by atoms with Gasteiger partial charge in [0.15, 0.2) is 6.61 Å². The molecule has 0 saturated heterocycles. The van der Waals surface area contributed by atoms with Crippen LogP contribution < -0.4 is 14.9 Å². The number of nitrogens with one attached hydrogen (secondary N) is 2. The molecule has 144 valence electrons. The van der Waals surface area contributed by atoms with Crippen molar-refractivity contribution in [3.63, 3.8) is 0 Å². The number of hydrogen-bond acceptors (Lipinski definition) is 5. The van der Waals surface area contributed by atoms with Gasteiger partial charge in [0.25, 0.3) is 5.91 Å². The van der Waals surface area contributed by atoms with E-state index in [9.17, 15) is 13.2 Å². The standard InChI is InChI=1S/C19H23N3O4S/c1-13-9-14(2)11-17(10-13)26-12-19(23)22-21-15(3)16-5-7-18(8-6-16)27(24,25)20-4/h5-11,20H,12H2,1-4H3,(H,22,23)/b21-15-. The Bertz CT molecular complexity index is 931. The van der Waals surface area contributed by atoms with Crippen molar-refractivity contribution in [1.29, 1.82) is 0 Å². The highest BCUT2D eigenvalue weighted by Crippen LogP contribution is 2.16. The van der Waals surface area contributed by atoms with E-state index >= 15 is 0 Å². The maximum absolute atomic E-state index is 11.9. The van der Waals surface area contributed by atoms with Gasteiger partial charge in [0.05, 0.1) is 10.6 Å². The fourth-order valence-corrected chi connectivity index (χ4v) is 3.13. The highest BCUT2D eigenvalue weighted by molar-refractivity contribution is 7.89. The summed E-state index contributed by atoms with van der Waals surface area (Å²) in [6.07, 6.45) is 0. The molecule has 2 rings (SSSR count). The quantitative estimate of drug-likeness (QED) is 0.560. The summed E-state index contributed by atoms with van der Waals surface area (Å²) in [5.74, 6) is 0.243. The molecule has 1 amide bonds. The fourth-order valence-electron chi connectivity index (χ4n) is 2.40. The fraction of sp³-hybridized carbons (Fsp3) is 0.263. The van der Waals surface area contributed by atoms with Crippen molar-refractivity contribution in [3.05, 3.63) is 59.2 Å². The van der Waals surface area contributed by atoms with Crippen molar-refractivity contribution in [1.82, 2.24) is 10.1 Å². The number of aryl methyl sites for hydroxylation is 2. The SMILES string of the molecule is CNS(=O)(=O)c1ccc(/C(C)=N\NC(=O)COc2cc(C)cc(C)c2)cc1. The van der Waals surface area contributed by atoms with Gasteiger partial charge >= 0.3 is 0 Å². The molecule has 7 nitrogen and oxygen atoms in total. The Morgan fingerprint density at radius 2 is 1.67 bits per heavy atom. The molecule has 0 heterocycles. The van der Waals surface area contributed by atoms with Crippen molar-refractivity contribution in [2.75, 3.05) is 13.7 Å². The molecular formula is C19H23N3O4S. The normalized spacial score (nSPS) is 11.9. The Morgan fingerprint density at radius 3 is 2.22 bits per heavy atom. The summed E-state index contributed by atoms with van der Waals surface area (Å²) in [4.78, 5) is 12.1. The van der Waals surface area contributed by atoms with Crippen LogP contribution in [-0.2, 0) is 14.8 Å². The van der Waals surface area contributed by atoms with Crippen LogP contribution in [0.1, 0.15) is 23.6 Å². The molecule has 2 N–H and O–H groups in total. The molecule has 2 aromatic carbocycles. The first-order chi connectivity index (χ1) is 12.7. The number of nitrogens with zero attached hydrogens (tertiary/aromatic N) is 1. The molecule has 0 bridgehead atoms. The van der Waals surface area contributed by atoms with Gasteiger partial charge in [0, 0.05) is 0 Å². The zero-order chi connectivity index (χ0) is 20.0. The summed E-state index contributed by atoms with van der Waals surface area (Å²) in [5.41, 5.74) is 5.79. The van der Waals surface area contributed by atoms with Crippen LogP contribution in [0, 0.1) is 13.8 Å². The van der Waals surface area contributed by atoms with Crippen LogP contribution in [0.3, 0.4) is 0 Å². The third-order valence-corrected chi connectivity index (χ3v) is 5.19. The van der Waals surface area contributed by atoms with Crippen LogP contribution in [0.25, 0.3) is 0 Å². The summed E-state index contributed by atoms with van der Waals surface area (Å²) < 4.78 is 31.2. The zero-order valence-corrected chi connectivity index (χ0v) is 16.6. The van der Waals surface area contributed by atoms with Crippen molar-refractivity contribution < 1.29 is 17.9 Å². The maximum atomic E-state index is 11.9. The average Bonchev–Trinajstić information content (AvgIpc) is 2.63. The number of hydrazone groups is 1. The van der Waals surface area contributed by atoms with E-state index in [1.807, 2.05) is 32.0 Å². The third kappa shape index (κ3) is 5.90. The monoisotopic (exact) mass is 389 g/mol. The number of amides is 1. The Labute approximate surface area is 159 Å². The number of carbonyl (C=O) groups is 1. The molecule has 27 heavy (non-hydrogen) atoms. The lowest BCUT2D eigenvalue weighted by molar-refractivity contribution is -0.123. The molecule has 0 aliphatic carbocycles. The largest absolute Gasteiger partial charge is 0.484 e. The number of hydrogen-bond donors (Lipinski definition) is 2. The Hall–Kier alpha value is -2.71. The van der Waals surface area contributed by atoms with Gasteiger partial charge in [-0.1, -0.05) is 18.2 Å². The summed E-state index contributed by atoms with van der Waals surface area (Å²) in [7, 11) is -2.13. The molecular weight excluding hydrogens is 366 g/mol. The number of ether oxygens (including phenoxy) is 1. The average molecular weight is 389 g/mol. The Balaban J connectivity index is 1.95. The van der Waals surface area contributed by atoms with Crippen molar-refractivity contribution in [2.24, 2.45) is 5.10 Å². The molecule has 0 spiro atoms. The topological polar surface area (TPSA) is 96.9 Å². The first-order valence-electron chi connectivity index (χ1n) is 8.29. The number of rotatable bonds is 7. The van der Waals surface area contributed by atoms with E-state index in [0.29, 0.717) is 17.0 Å². The van der Waals surface area contributed by atoms with Crippen molar-refractivity contribution >= 4 is 21.6 Å². The molecule has 0 radical (unpaired) electrons. The zero-order valence-electron chi connectivity index (χ0n) is 15.7. The van der Waals surface area contributed by atoms with E-state index in [-0.39, 0.29) is 17.4 Å². The predicted molar refractivity (Wildman–Crippen MR) is 104 cm³/mol. The number of benzene rings is 2. The second-order valence-corrected chi connectivity index (χ2v) is 7.96. The minimum Gasteiger partial charge on any atom is -0.484 e. The van der Waals surface area contributed by atoms with Gasteiger partial charge in [-0.2, -0.15) is 5.10 Å². The first-order valence-corrected chi connectivity index (χ1v) is 9.78. The number of sulfonamides is 1. The van der Waals surface area contributed by atoms with Crippen LogP contribution >= 0.6 is 0 Å². The van der Waals surface area contributed by atoms with Gasteiger partial charge in [-0.05, 0) is 68.8 Å². The third-order valence-electron chi connectivity index (χ3n) is 3.76. The van der Waals surface area contributed by atoms with Gasteiger partial charge < -0.3 is 4.74 Å². The molecule has 0 aliphatic rings. The van der Waals surface area contributed by atoms with Crippen molar-refractivity contribution in [3.8, 4) is 5.75 Å². The van der Waals surface area contributed by atoms with Gasteiger partial charge in [-0.25, -0.2) is 18.6 Å². The lowest BCUT2D eigenvalue weighted by atomic mass is 10.1. The van der Waals surface area contributed by atoms with Gasteiger partial charge in [-0.3, -0.25) is 4.79 Å². The molecule has 0 fully saturated rings. The molecule has 0 unspecified atom stereocenters. The van der Waals surface area contributed by atoms with E-state index in [2.05, 4.69) is 15.2 Å². The Morgan fingerprint density at radius 1 is 1.07 bits per heavy atom. The van der Waals surface area contributed by atoms with E-state index in [1.165, 1.54) is 19.2 Å². The highest BCUT2D eigenvalue weighted by atomic mass is 32.2. The lowest BCUT2D eigenvalue weighted by Gasteiger charge is -2.08. The molecule has 0 atom stereocenters. The van der Waals surface area contributed by atoms with Crippen LogP contribution in [0.2, 0.25) is 0 Å². The molecule has 8 heteroatoms. The maximum Gasteiger partial charge on any atom is 0.277 e. The van der Waals surface area contributed by atoms with Crippen LogP contribution in [0.15, 0.2) is 52.5 Å². The summed E-state index contributed by atoms with van der Waals surface area (Å²) in [6.45, 7) is 5.48. The first kappa shape index (κ1) is 20.6. The van der Waals surface area contributed by atoms with E-state index in [0.717, 1.165) is 11.1 Å². The van der Waals surface area contributed by atoms with E-state index in [1.54, 1.807) is 19.1 Å². The second-order valence-electron chi connectivity index (χ2n) is 6.08. The van der Waals surface area contributed by atoms with E-state index in [4.69, 9.17) is 4.74 Å². The molecule has 0 saturated carbocycles. The second kappa shape index (κ2) is 8.79. The summed E-state index contributed by atoms with van der Waals surface area (Å²) >= 11 is 0. The Kier molecular flexibility index (Phi) is 6.70. The number of carbonyl (C=O) groups excluding carboxylic acids is 1. The smallest absolute Gasteiger partial charge is 0.277 e. The van der Waals surface area contributed by atoms with Crippen LogP contribution in [0.5, 0.6) is 5.75 Å². The van der Waals surface area contributed by atoms with Gasteiger partial charge in [0.2, 0.25) is 10.0 Å². The lowest BCUT2D eigenvalue weighted by Crippen LogP contribution is -2.25. The molecule has 0 aromatic heterocycles.